The summed E-state index contributed by atoms with van der Waals surface area (Å²) < 4.78 is 5.33. The quantitative estimate of drug-likeness (QED) is 0.399. The zero-order valence-electron chi connectivity index (χ0n) is 17.5. The van der Waals surface area contributed by atoms with Crippen molar-refractivity contribution in [3.63, 3.8) is 0 Å². The molecule has 4 rings (SSSR count). The average Bonchev–Trinajstić information content (AvgIpc) is 3.25. The third-order valence-corrected chi connectivity index (χ3v) is 5.09. The van der Waals surface area contributed by atoms with E-state index in [2.05, 4.69) is 20.6 Å². The van der Waals surface area contributed by atoms with Crippen LogP contribution in [0.15, 0.2) is 85.2 Å². The first-order valence-corrected chi connectivity index (χ1v) is 10.4. The molecule has 0 radical (unpaired) electrons. The Kier molecular flexibility index (Phi) is 6.77. The maximum absolute atomic E-state index is 13.0. The second-order valence-corrected chi connectivity index (χ2v) is 7.36. The van der Waals surface area contributed by atoms with Crippen LogP contribution in [0, 0.1) is 0 Å². The summed E-state index contributed by atoms with van der Waals surface area (Å²) in [7, 11) is 0. The number of aromatic nitrogens is 2. The van der Waals surface area contributed by atoms with Gasteiger partial charge in [0, 0.05) is 29.7 Å². The zero-order valence-corrected chi connectivity index (χ0v) is 17.5. The normalized spacial score (nSPS) is 11.6. The van der Waals surface area contributed by atoms with E-state index in [9.17, 15) is 9.59 Å². The lowest BCUT2D eigenvalue weighted by molar-refractivity contribution is -0.123. The van der Waals surface area contributed by atoms with Gasteiger partial charge in [0.1, 0.15) is 12.6 Å². The molecule has 32 heavy (non-hydrogen) atoms. The highest BCUT2D eigenvalue weighted by Crippen LogP contribution is 2.19. The lowest BCUT2D eigenvalue weighted by Gasteiger charge is -2.18. The molecule has 2 amide bonds. The molecule has 0 bridgehead atoms. The summed E-state index contributed by atoms with van der Waals surface area (Å²) in [6.07, 6.45) is 3.20. The van der Waals surface area contributed by atoms with E-state index in [1.54, 1.807) is 6.20 Å². The number of rotatable bonds is 8. The molecular weight excluding hydrogens is 404 g/mol. The molecule has 0 fully saturated rings. The molecule has 4 aromatic rings. The van der Waals surface area contributed by atoms with Gasteiger partial charge in [0.15, 0.2) is 0 Å². The number of aromatic amines is 1. The van der Waals surface area contributed by atoms with E-state index in [0.29, 0.717) is 6.42 Å². The maximum atomic E-state index is 13.0. The molecule has 3 N–H and O–H groups in total. The van der Waals surface area contributed by atoms with Gasteiger partial charge in [-0.2, -0.15) is 0 Å². The van der Waals surface area contributed by atoms with Crippen LogP contribution in [0.4, 0.5) is 4.79 Å². The van der Waals surface area contributed by atoms with Crippen molar-refractivity contribution in [3.05, 3.63) is 102 Å². The second kappa shape index (κ2) is 10.3. The fourth-order valence-corrected chi connectivity index (χ4v) is 3.44. The van der Waals surface area contributed by atoms with Gasteiger partial charge in [0.05, 0.1) is 12.2 Å². The summed E-state index contributed by atoms with van der Waals surface area (Å²) in [6.45, 7) is 0.396. The molecule has 2 aromatic heterocycles. The summed E-state index contributed by atoms with van der Waals surface area (Å²) in [6, 6.07) is 21.9. The topological polar surface area (TPSA) is 96.1 Å². The minimum absolute atomic E-state index is 0.127. The smallest absolute Gasteiger partial charge is 0.408 e. The number of para-hydroxylation sites is 1. The molecule has 1 atom stereocenters. The Balaban J connectivity index is 1.45. The molecule has 0 aliphatic heterocycles. The Morgan fingerprint density at radius 3 is 2.56 bits per heavy atom. The first-order chi connectivity index (χ1) is 15.7. The molecule has 0 unspecified atom stereocenters. The van der Waals surface area contributed by atoms with E-state index in [-0.39, 0.29) is 19.1 Å². The van der Waals surface area contributed by atoms with Gasteiger partial charge in [-0.3, -0.25) is 9.78 Å². The van der Waals surface area contributed by atoms with E-state index >= 15 is 0 Å². The lowest BCUT2D eigenvalue weighted by Crippen LogP contribution is -2.48. The first-order valence-electron chi connectivity index (χ1n) is 10.4. The van der Waals surface area contributed by atoms with Crippen LogP contribution in [0.5, 0.6) is 0 Å². The highest BCUT2D eigenvalue weighted by molar-refractivity contribution is 5.88. The first kappa shape index (κ1) is 21.1. The number of H-pyrrole nitrogens is 1. The molecule has 0 aliphatic carbocycles. The van der Waals surface area contributed by atoms with Crippen molar-refractivity contribution in [2.24, 2.45) is 0 Å². The van der Waals surface area contributed by atoms with Crippen LogP contribution in [-0.4, -0.2) is 28.0 Å². The van der Waals surface area contributed by atoms with Gasteiger partial charge in [-0.25, -0.2) is 4.79 Å². The number of carbonyl (C=O) groups is 2. The summed E-state index contributed by atoms with van der Waals surface area (Å²) in [5.41, 5.74) is 3.51. The number of alkyl carbamates (subject to hydrolysis) is 1. The molecule has 7 nitrogen and oxygen atoms in total. The van der Waals surface area contributed by atoms with Crippen molar-refractivity contribution in [2.45, 2.75) is 25.6 Å². The highest BCUT2D eigenvalue weighted by atomic mass is 16.5. The van der Waals surface area contributed by atoms with E-state index in [1.165, 1.54) is 0 Å². The van der Waals surface area contributed by atoms with Crippen LogP contribution in [0.25, 0.3) is 10.9 Å². The van der Waals surface area contributed by atoms with Crippen molar-refractivity contribution in [3.8, 4) is 0 Å². The molecule has 0 spiro atoms. The Hall–Kier alpha value is -4.13. The molecule has 2 heterocycles. The van der Waals surface area contributed by atoms with Gasteiger partial charge in [0.2, 0.25) is 5.91 Å². The van der Waals surface area contributed by atoms with Crippen LogP contribution in [0.1, 0.15) is 16.8 Å². The van der Waals surface area contributed by atoms with Crippen molar-refractivity contribution in [1.82, 2.24) is 20.6 Å². The third kappa shape index (κ3) is 5.51. The summed E-state index contributed by atoms with van der Waals surface area (Å²) in [5, 5.41) is 6.58. The largest absolute Gasteiger partial charge is 0.445 e. The molecule has 162 valence electrons. The number of hydrogen-bond donors (Lipinski definition) is 3. The standard InChI is InChI=1S/C25H24N4O3/c30-24(28-16-20-10-6-7-13-26-20)23(14-19-15-27-22-12-5-4-11-21(19)22)29-25(31)32-17-18-8-2-1-3-9-18/h1-13,15,23,27H,14,16-17H2,(H,28,30)(H,29,31)/t23-/m0/s1. The predicted octanol–water partition coefficient (Wildman–Crippen LogP) is 3.72. The van der Waals surface area contributed by atoms with Crippen LogP contribution >= 0.6 is 0 Å². The fourth-order valence-electron chi connectivity index (χ4n) is 3.44. The number of nitrogens with zero attached hydrogens (tertiary/aromatic N) is 1. The van der Waals surface area contributed by atoms with Crippen molar-refractivity contribution < 1.29 is 14.3 Å². The predicted molar refractivity (Wildman–Crippen MR) is 122 cm³/mol. The van der Waals surface area contributed by atoms with Crippen LogP contribution in [-0.2, 0) is 29.1 Å². The summed E-state index contributed by atoms with van der Waals surface area (Å²) in [4.78, 5) is 32.9. The number of hydrogen-bond acceptors (Lipinski definition) is 4. The third-order valence-electron chi connectivity index (χ3n) is 5.09. The number of benzene rings is 2. The minimum atomic E-state index is -0.804. The minimum Gasteiger partial charge on any atom is -0.445 e. The van der Waals surface area contributed by atoms with Crippen LogP contribution in [0.2, 0.25) is 0 Å². The Morgan fingerprint density at radius 1 is 0.969 bits per heavy atom. The Morgan fingerprint density at radius 2 is 1.75 bits per heavy atom. The molecule has 7 heteroatoms. The number of carbonyl (C=O) groups excluding carboxylic acids is 2. The van der Waals surface area contributed by atoms with Crippen molar-refractivity contribution in [1.29, 1.82) is 0 Å². The number of nitrogens with one attached hydrogen (secondary N) is 3. The Labute approximate surface area is 185 Å². The zero-order chi connectivity index (χ0) is 22.2. The number of fused-ring (bicyclic) bond motifs is 1. The lowest BCUT2D eigenvalue weighted by atomic mass is 10.0. The van der Waals surface area contributed by atoms with Gasteiger partial charge in [-0.1, -0.05) is 54.6 Å². The summed E-state index contributed by atoms with van der Waals surface area (Å²) >= 11 is 0. The molecule has 0 saturated carbocycles. The molecular formula is C25H24N4O3. The summed E-state index contributed by atoms with van der Waals surface area (Å²) in [5.74, 6) is -0.308. The average molecular weight is 428 g/mol. The van der Waals surface area contributed by atoms with E-state index < -0.39 is 12.1 Å². The molecule has 0 saturated heterocycles. The molecule has 0 aliphatic rings. The van der Waals surface area contributed by atoms with E-state index in [0.717, 1.165) is 27.7 Å². The molecule has 2 aromatic carbocycles. The number of pyridine rings is 1. The van der Waals surface area contributed by atoms with Gasteiger partial charge in [-0.15, -0.1) is 0 Å². The van der Waals surface area contributed by atoms with Crippen LogP contribution in [0.3, 0.4) is 0 Å². The van der Waals surface area contributed by atoms with E-state index in [4.69, 9.17) is 4.74 Å². The van der Waals surface area contributed by atoms with Gasteiger partial charge >= 0.3 is 6.09 Å². The SMILES string of the molecule is O=C(N[C@@H](Cc1c[nH]c2ccccc12)C(=O)NCc1ccccn1)OCc1ccccc1. The van der Waals surface area contributed by atoms with Crippen molar-refractivity contribution in [2.75, 3.05) is 0 Å². The maximum Gasteiger partial charge on any atom is 0.408 e. The van der Waals surface area contributed by atoms with Gasteiger partial charge in [-0.05, 0) is 29.3 Å². The van der Waals surface area contributed by atoms with Crippen molar-refractivity contribution >= 4 is 22.9 Å². The monoisotopic (exact) mass is 428 g/mol. The Bertz CT molecular complexity index is 1180. The second-order valence-electron chi connectivity index (χ2n) is 7.36. The van der Waals surface area contributed by atoms with Gasteiger partial charge in [0.25, 0.3) is 0 Å². The number of ether oxygens (including phenoxy) is 1. The van der Waals surface area contributed by atoms with Gasteiger partial charge < -0.3 is 20.4 Å². The van der Waals surface area contributed by atoms with Crippen LogP contribution < -0.4 is 10.6 Å². The van der Waals surface area contributed by atoms with E-state index in [1.807, 2.05) is 79.0 Å². The highest BCUT2D eigenvalue weighted by Gasteiger charge is 2.23. The number of amides is 2. The fraction of sp³-hybridized carbons (Fsp3) is 0.160.